The first kappa shape index (κ1) is 15.1. The summed E-state index contributed by atoms with van der Waals surface area (Å²) < 4.78 is 5.38. The van der Waals surface area contributed by atoms with Gasteiger partial charge in [0.2, 0.25) is 0 Å². The zero-order valence-corrected chi connectivity index (χ0v) is 13.8. The van der Waals surface area contributed by atoms with Gasteiger partial charge in [-0.15, -0.1) is 0 Å². The monoisotopic (exact) mass is 327 g/mol. The number of aromatic nitrogens is 2. The third-order valence-electron chi connectivity index (χ3n) is 4.16. The van der Waals surface area contributed by atoms with Crippen LogP contribution in [0, 0.1) is 0 Å². The normalized spacial score (nSPS) is 10.8. The molecule has 0 aliphatic heterocycles. The number of ether oxygens (including phenoxy) is 1. The van der Waals surface area contributed by atoms with Crippen molar-refractivity contribution in [3.63, 3.8) is 0 Å². The van der Waals surface area contributed by atoms with E-state index in [0.717, 1.165) is 27.7 Å². The fourth-order valence-electron chi connectivity index (χ4n) is 2.93. The standard InChI is InChI=1S/C21H17N3O/c1-25-17-13-12-16-18(19(17)22)20(14-8-4-2-5-9-14)24-21(23-16)15-10-6-3-7-11-15/h2-13H,22H2,1H3. The number of fused-ring (bicyclic) bond motifs is 1. The predicted molar refractivity (Wildman–Crippen MR) is 101 cm³/mol. The summed E-state index contributed by atoms with van der Waals surface area (Å²) in [6.45, 7) is 0. The van der Waals surface area contributed by atoms with Gasteiger partial charge in [0.1, 0.15) is 5.75 Å². The molecule has 0 aliphatic rings. The first-order valence-corrected chi connectivity index (χ1v) is 8.03. The van der Waals surface area contributed by atoms with Crippen LogP contribution in [0.15, 0.2) is 72.8 Å². The van der Waals surface area contributed by atoms with Crippen molar-refractivity contribution in [3.05, 3.63) is 72.8 Å². The second-order valence-corrected chi connectivity index (χ2v) is 5.70. The maximum atomic E-state index is 6.35. The minimum atomic E-state index is 0.554. The lowest BCUT2D eigenvalue weighted by molar-refractivity contribution is 0.417. The van der Waals surface area contributed by atoms with Crippen molar-refractivity contribution < 1.29 is 4.74 Å². The Kier molecular flexibility index (Phi) is 3.78. The first-order valence-electron chi connectivity index (χ1n) is 8.03. The van der Waals surface area contributed by atoms with E-state index in [1.54, 1.807) is 7.11 Å². The largest absolute Gasteiger partial charge is 0.495 e. The zero-order valence-electron chi connectivity index (χ0n) is 13.8. The van der Waals surface area contributed by atoms with Crippen LogP contribution in [0.5, 0.6) is 5.75 Å². The number of hydrogen-bond acceptors (Lipinski definition) is 4. The number of nitrogens with two attached hydrogens (primary N) is 1. The summed E-state index contributed by atoms with van der Waals surface area (Å²) in [6.07, 6.45) is 0. The molecule has 0 spiro atoms. The average molecular weight is 327 g/mol. The van der Waals surface area contributed by atoms with Crippen LogP contribution in [0.1, 0.15) is 0 Å². The Labute approximate surface area is 145 Å². The number of nitrogens with zero attached hydrogens (tertiary/aromatic N) is 2. The quantitative estimate of drug-likeness (QED) is 0.561. The molecule has 0 fully saturated rings. The van der Waals surface area contributed by atoms with Crippen molar-refractivity contribution >= 4 is 16.6 Å². The summed E-state index contributed by atoms with van der Waals surface area (Å²) in [6, 6.07) is 23.7. The lowest BCUT2D eigenvalue weighted by atomic mass is 10.0. The van der Waals surface area contributed by atoms with Crippen LogP contribution in [0.4, 0.5) is 5.69 Å². The highest BCUT2D eigenvalue weighted by molar-refractivity contribution is 6.03. The zero-order chi connectivity index (χ0) is 17.2. The van der Waals surface area contributed by atoms with E-state index in [0.29, 0.717) is 17.3 Å². The average Bonchev–Trinajstić information content (AvgIpc) is 2.69. The van der Waals surface area contributed by atoms with E-state index in [2.05, 4.69) is 0 Å². The van der Waals surface area contributed by atoms with E-state index in [1.165, 1.54) is 0 Å². The van der Waals surface area contributed by atoms with Crippen LogP contribution in [0.3, 0.4) is 0 Å². The number of rotatable bonds is 3. The van der Waals surface area contributed by atoms with Gasteiger partial charge in [-0.05, 0) is 12.1 Å². The van der Waals surface area contributed by atoms with Crippen LogP contribution in [0.2, 0.25) is 0 Å². The van der Waals surface area contributed by atoms with Crippen LogP contribution in [-0.2, 0) is 0 Å². The highest BCUT2D eigenvalue weighted by Gasteiger charge is 2.16. The molecule has 25 heavy (non-hydrogen) atoms. The minimum absolute atomic E-state index is 0.554. The summed E-state index contributed by atoms with van der Waals surface area (Å²) in [5, 5.41) is 0.810. The molecule has 0 saturated carbocycles. The molecule has 1 heterocycles. The maximum Gasteiger partial charge on any atom is 0.160 e. The van der Waals surface area contributed by atoms with Crippen molar-refractivity contribution in [2.45, 2.75) is 0 Å². The molecule has 2 N–H and O–H groups in total. The van der Waals surface area contributed by atoms with Crippen LogP contribution < -0.4 is 10.5 Å². The molecule has 4 nitrogen and oxygen atoms in total. The molecule has 0 amide bonds. The Balaban J connectivity index is 2.07. The van der Waals surface area contributed by atoms with E-state index in [1.807, 2.05) is 72.8 Å². The Morgan fingerprint density at radius 1 is 0.760 bits per heavy atom. The van der Waals surface area contributed by atoms with Gasteiger partial charge in [-0.25, -0.2) is 9.97 Å². The summed E-state index contributed by atoms with van der Waals surface area (Å²) in [4.78, 5) is 9.55. The number of hydrogen-bond donors (Lipinski definition) is 1. The second kappa shape index (κ2) is 6.24. The molecule has 4 heteroatoms. The predicted octanol–water partition coefficient (Wildman–Crippen LogP) is 4.55. The molecule has 0 aliphatic carbocycles. The lowest BCUT2D eigenvalue weighted by Crippen LogP contribution is -2.00. The van der Waals surface area contributed by atoms with E-state index in [9.17, 15) is 0 Å². The Bertz CT molecular complexity index is 1030. The molecule has 0 bridgehead atoms. The first-order chi connectivity index (χ1) is 12.3. The van der Waals surface area contributed by atoms with E-state index in [-0.39, 0.29) is 0 Å². The van der Waals surface area contributed by atoms with Gasteiger partial charge in [0, 0.05) is 11.1 Å². The number of nitrogen functional groups attached to an aromatic ring is 1. The highest BCUT2D eigenvalue weighted by atomic mass is 16.5. The smallest absolute Gasteiger partial charge is 0.160 e. The lowest BCUT2D eigenvalue weighted by Gasteiger charge is -2.13. The Hall–Kier alpha value is -3.40. The third kappa shape index (κ3) is 2.68. The molecular weight excluding hydrogens is 310 g/mol. The van der Waals surface area contributed by atoms with E-state index < -0.39 is 0 Å². The van der Waals surface area contributed by atoms with E-state index in [4.69, 9.17) is 20.4 Å². The summed E-state index contributed by atoms with van der Waals surface area (Å²) in [7, 11) is 1.61. The van der Waals surface area contributed by atoms with Gasteiger partial charge < -0.3 is 10.5 Å². The molecule has 0 saturated heterocycles. The molecule has 0 radical (unpaired) electrons. The molecule has 3 aromatic carbocycles. The van der Waals surface area contributed by atoms with Crippen molar-refractivity contribution in [1.29, 1.82) is 0 Å². The Morgan fingerprint density at radius 2 is 1.40 bits per heavy atom. The highest BCUT2D eigenvalue weighted by Crippen LogP contribution is 2.37. The summed E-state index contributed by atoms with van der Waals surface area (Å²) in [5.41, 5.74) is 10.5. The van der Waals surface area contributed by atoms with Crippen LogP contribution in [0.25, 0.3) is 33.5 Å². The SMILES string of the molecule is COc1ccc2nc(-c3ccccc3)nc(-c3ccccc3)c2c1N. The van der Waals surface area contributed by atoms with Gasteiger partial charge in [-0.2, -0.15) is 0 Å². The molecule has 122 valence electrons. The topological polar surface area (TPSA) is 61.0 Å². The summed E-state index contributed by atoms with van der Waals surface area (Å²) in [5.74, 6) is 1.30. The van der Waals surface area contributed by atoms with Gasteiger partial charge in [-0.1, -0.05) is 60.7 Å². The number of methoxy groups -OCH3 is 1. The van der Waals surface area contributed by atoms with Crippen LogP contribution in [-0.4, -0.2) is 17.1 Å². The minimum Gasteiger partial charge on any atom is -0.495 e. The number of anilines is 1. The van der Waals surface area contributed by atoms with E-state index >= 15 is 0 Å². The molecule has 4 rings (SSSR count). The van der Waals surface area contributed by atoms with Crippen molar-refractivity contribution in [2.24, 2.45) is 0 Å². The number of benzene rings is 3. The fourth-order valence-corrected chi connectivity index (χ4v) is 2.93. The van der Waals surface area contributed by atoms with Gasteiger partial charge in [0.25, 0.3) is 0 Å². The molecule has 0 atom stereocenters. The van der Waals surface area contributed by atoms with Gasteiger partial charge in [0.15, 0.2) is 5.82 Å². The second-order valence-electron chi connectivity index (χ2n) is 5.70. The van der Waals surface area contributed by atoms with Gasteiger partial charge in [0.05, 0.1) is 29.4 Å². The fraction of sp³-hybridized carbons (Fsp3) is 0.0476. The van der Waals surface area contributed by atoms with Gasteiger partial charge in [-0.3, -0.25) is 0 Å². The third-order valence-corrected chi connectivity index (χ3v) is 4.16. The molecule has 4 aromatic rings. The maximum absolute atomic E-state index is 6.35. The van der Waals surface area contributed by atoms with Gasteiger partial charge >= 0.3 is 0 Å². The Morgan fingerprint density at radius 3 is 2.04 bits per heavy atom. The summed E-state index contributed by atoms with van der Waals surface area (Å²) >= 11 is 0. The van der Waals surface area contributed by atoms with Crippen LogP contribution >= 0.6 is 0 Å². The van der Waals surface area contributed by atoms with Crippen molar-refractivity contribution in [3.8, 4) is 28.4 Å². The molecular formula is C21H17N3O. The van der Waals surface area contributed by atoms with Crippen molar-refractivity contribution in [2.75, 3.05) is 12.8 Å². The molecule has 0 unspecified atom stereocenters. The van der Waals surface area contributed by atoms with Crippen molar-refractivity contribution in [1.82, 2.24) is 9.97 Å². The molecule has 1 aromatic heterocycles.